The molecule has 10 heavy (non-hydrogen) atoms. The van der Waals surface area contributed by atoms with Gasteiger partial charge in [-0.05, 0) is 13.3 Å². The Morgan fingerprint density at radius 1 is 1.70 bits per heavy atom. The summed E-state index contributed by atoms with van der Waals surface area (Å²) in [6.07, 6.45) is 2.33. The SMILES string of the molecule is CCCC(C)OC(=S)[S-].[K+]. The van der Waals surface area contributed by atoms with Crippen LogP contribution in [0.1, 0.15) is 26.7 Å². The van der Waals surface area contributed by atoms with E-state index in [4.69, 9.17) is 4.74 Å². The fraction of sp³-hybridized carbons (Fsp3) is 0.833. The Labute approximate surface area is 116 Å². The molecule has 0 fully saturated rings. The van der Waals surface area contributed by atoms with Gasteiger partial charge in [0, 0.05) is 4.38 Å². The molecule has 0 aromatic carbocycles. The summed E-state index contributed by atoms with van der Waals surface area (Å²) >= 11 is 9.16. The molecule has 4 heteroatoms. The fourth-order valence-electron chi connectivity index (χ4n) is 0.630. The van der Waals surface area contributed by atoms with Crippen LogP contribution in [0.3, 0.4) is 0 Å². The average Bonchev–Trinajstić information content (AvgIpc) is 1.63. The first-order valence-electron chi connectivity index (χ1n) is 3.04. The number of hydrogen-bond acceptors (Lipinski definition) is 3. The number of ether oxygens (including phenoxy) is 1. The molecule has 0 radical (unpaired) electrons. The molecule has 54 valence electrons. The first kappa shape index (κ1) is 14.3. The second-order valence-electron chi connectivity index (χ2n) is 1.97. The van der Waals surface area contributed by atoms with Crippen molar-refractivity contribution in [3.8, 4) is 0 Å². The standard InChI is InChI=1S/C6H12OS2.K/c1-3-4-5(2)7-6(8)9;/h5H,3-4H2,1-2H3,(H,8,9);/q;+1/p-1. The summed E-state index contributed by atoms with van der Waals surface area (Å²) in [5.41, 5.74) is 0. The summed E-state index contributed by atoms with van der Waals surface area (Å²) in [6.45, 7) is 4.08. The zero-order valence-corrected chi connectivity index (χ0v) is 11.5. The van der Waals surface area contributed by atoms with Crippen LogP contribution in [0.25, 0.3) is 0 Å². The molecule has 0 bridgehead atoms. The quantitative estimate of drug-likeness (QED) is 0.331. The van der Waals surface area contributed by atoms with E-state index in [1.165, 1.54) is 0 Å². The molecule has 1 unspecified atom stereocenters. The molecule has 0 aromatic rings. The van der Waals surface area contributed by atoms with E-state index in [9.17, 15) is 0 Å². The van der Waals surface area contributed by atoms with Crippen molar-refractivity contribution in [1.82, 2.24) is 0 Å². The summed E-state index contributed by atoms with van der Waals surface area (Å²) in [7, 11) is 0. The maximum absolute atomic E-state index is 5.04. The second kappa shape index (κ2) is 8.84. The van der Waals surface area contributed by atoms with Gasteiger partial charge in [-0.25, -0.2) is 0 Å². The Hall–Kier alpha value is 1.75. The van der Waals surface area contributed by atoms with Crippen LogP contribution in [0.15, 0.2) is 0 Å². The topological polar surface area (TPSA) is 9.23 Å². The third-order valence-corrected chi connectivity index (χ3v) is 1.19. The van der Waals surface area contributed by atoms with E-state index in [-0.39, 0.29) is 61.9 Å². The van der Waals surface area contributed by atoms with Crippen molar-refractivity contribution in [2.45, 2.75) is 32.8 Å². The summed E-state index contributed by atoms with van der Waals surface area (Å²) in [6, 6.07) is 0. The van der Waals surface area contributed by atoms with Gasteiger partial charge >= 0.3 is 51.4 Å². The molecule has 0 aromatic heterocycles. The van der Waals surface area contributed by atoms with Crippen LogP contribution < -0.4 is 51.4 Å². The molecule has 0 saturated carbocycles. The van der Waals surface area contributed by atoms with E-state index < -0.39 is 0 Å². The minimum absolute atomic E-state index is 0. The van der Waals surface area contributed by atoms with Crippen molar-refractivity contribution >= 4 is 29.2 Å². The largest absolute Gasteiger partial charge is 1.00 e. The van der Waals surface area contributed by atoms with Crippen molar-refractivity contribution in [1.29, 1.82) is 0 Å². The second-order valence-corrected chi connectivity index (χ2v) is 2.97. The molecular formula is C6H11KOS2. The van der Waals surface area contributed by atoms with Gasteiger partial charge < -0.3 is 29.6 Å². The predicted octanol–water partition coefficient (Wildman–Crippen LogP) is -0.973. The maximum atomic E-state index is 5.04. The molecule has 1 nitrogen and oxygen atoms in total. The van der Waals surface area contributed by atoms with E-state index in [2.05, 4.69) is 31.8 Å². The predicted molar refractivity (Wildman–Crippen MR) is 45.4 cm³/mol. The Kier molecular flexibility index (Phi) is 12.6. The van der Waals surface area contributed by atoms with E-state index in [0.717, 1.165) is 12.8 Å². The summed E-state index contributed by atoms with van der Waals surface area (Å²) in [4.78, 5) is 0. The minimum Gasteiger partial charge on any atom is -0.511 e. The molecular weight excluding hydrogens is 191 g/mol. The molecule has 0 aliphatic rings. The molecule has 0 rings (SSSR count). The van der Waals surface area contributed by atoms with Crippen molar-refractivity contribution in [3.05, 3.63) is 0 Å². The summed E-state index contributed by atoms with van der Waals surface area (Å²) in [5, 5.41) is 0. The van der Waals surface area contributed by atoms with Crippen molar-refractivity contribution in [2.75, 3.05) is 0 Å². The van der Waals surface area contributed by atoms with Gasteiger partial charge in [0.25, 0.3) is 0 Å². The molecule has 0 saturated heterocycles. The van der Waals surface area contributed by atoms with Gasteiger partial charge in [0.1, 0.15) is 0 Å². The van der Waals surface area contributed by atoms with Gasteiger partial charge in [0.05, 0.1) is 6.10 Å². The van der Waals surface area contributed by atoms with E-state index >= 15 is 0 Å². The van der Waals surface area contributed by atoms with Gasteiger partial charge in [-0.2, -0.15) is 0 Å². The van der Waals surface area contributed by atoms with E-state index in [1.54, 1.807) is 0 Å². The third-order valence-electron chi connectivity index (χ3n) is 0.993. The van der Waals surface area contributed by atoms with Crippen LogP contribution in [0, 0.1) is 0 Å². The molecule has 0 heterocycles. The smallest absolute Gasteiger partial charge is 0.511 e. The fourth-order valence-corrected chi connectivity index (χ4v) is 0.958. The third kappa shape index (κ3) is 9.75. The number of hydrogen-bond donors (Lipinski definition) is 0. The molecule has 1 atom stereocenters. The van der Waals surface area contributed by atoms with E-state index in [0.29, 0.717) is 0 Å². The van der Waals surface area contributed by atoms with Gasteiger partial charge in [0.15, 0.2) is 0 Å². The first-order valence-corrected chi connectivity index (χ1v) is 3.86. The Bertz CT molecular complexity index is 97.7. The average molecular weight is 202 g/mol. The Balaban J connectivity index is 0. The maximum Gasteiger partial charge on any atom is 1.00 e. The van der Waals surface area contributed by atoms with Crippen molar-refractivity contribution in [3.63, 3.8) is 0 Å². The van der Waals surface area contributed by atoms with Crippen LogP contribution >= 0.6 is 12.2 Å². The monoisotopic (exact) mass is 202 g/mol. The molecule has 0 N–H and O–H groups in total. The molecule has 0 spiro atoms. The Morgan fingerprint density at radius 2 is 2.20 bits per heavy atom. The molecule has 0 aliphatic heterocycles. The minimum atomic E-state index is 0. The van der Waals surface area contributed by atoms with Crippen molar-refractivity contribution in [2.24, 2.45) is 0 Å². The zero-order valence-electron chi connectivity index (χ0n) is 6.72. The van der Waals surface area contributed by atoms with Gasteiger partial charge in [-0.15, -0.1) is 0 Å². The Morgan fingerprint density at radius 3 is 2.50 bits per heavy atom. The normalized spacial score (nSPS) is 11.4. The first-order chi connectivity index (χ1) is 4.16. The van der Waals surface area contributed by atoms with Crippen LogP contribution in [0.5, 0.6) is 0 Å². The van der Waals surface area contributed by atoms with Crippen molar-refractivity contribution < 1.29 is 56.1 Å². The summed E-state index contributed by atoms with van der Waals surface area (Å²) < 4.78 is 5.27. The van der Waals surface area contributed by atoms with E-state index in [1.807, 2.05) is 6.92 Å². The zero-order chi connectivity index (χ0) is 7.28. The number of thiocarbonyl (C=S) groups is 1. The van der Waals surface area contributed by atoms with Gasteiger partial charge in [-0.1, -0.05) is 13.3 Å². The molecule has 0 amide bonds. The summed E-state index contributed by atoms with van der Waals surface area (Å²) in [5.74, 6) is 0. The van der Waals surface area contributed by atoms with Crippen LogP contribution in [0.2, 0.25) is 0 Å². The van der Waals surface area contributed by atoms with Crippen LogP contribution in [0.4, 0.5) is 0 Å². The molecule has 0 aliphatic carbocycles. The van der Waals surface area contributed by atoms with Gasteiger partial charge in [0.2, 0.25) is 0 Å². The number of rotatable bonds is 3. The van der Waals surface area contributed by atoms with Crippen LogP contribution in [-0.2, 0) is 17.4 Å². The van der Waals surface area contributed by atoms with Crippen LogP contribution in [-0.4, -0.2) is 10.5 Å². The van der Waals surface area contributed by atoms with Gasteiger partial charge in [-0.3, -0.25) is 0 Å².